The van der Waals surface area contributed by atoms with Crippen molar-refractivity contribution in [3.8, 4) is 40.2 Å². The van der Waals surface area contributed by atoms with Crippen LogP contribution in [0.1, 0.15) is 97.5 Å². The topological polar surface area (TPSA) is 440 Å². The van der Waals surface area contributed by atoms with Gasteiger partial charge >= 0.3 is 10.4 Å². The number of rotatable bonds is 36. The number of methoxy groups -OCH3 is 2. The Balaban J connectivity index is 0.600. The Morgan fingerprint density at radius 3 is 1.96 bits per heavy atom. The summed E-state index contributed by atoms with van der Waals surface area (Å²) in [4.78, 5) is 85.5. The Bertz CT molecular complexity index is 5570. The molecule has 2 aromatic heterocycles. The number of hydrogen-bond acceptors (Lipinski definition) is 29. The lowest BCUT2D eigenvalue weighted by molar-refractivity contribution is -0.277. The number of nitrogens with one attached hydrogen (secondary N) is 2. The van der Waals surface area contributed by atoms with Crippen molar-refractivity contribution >= 4 is 79.1 Å². The molecule has 0 saturated carbocycles. The number of hydrogen-bond donors (Lipinski definition) is 6. The zero-order chi connectivity index (χ0) is 83.7. The molecule has 624 valence electrons. The van der Waals surface area contributed by atoms with E-state index in [4.69, 9.17) is 61.0 Å². The predicted octanol–water partition coefficient (Wildman–Crippen LogP) is 5.40. The van der Waals surface area contributed by atoms with Crippen LogP contribution in [0.2, 0.25) is 0 Å². The number of fused-ring (bicyclic) bond motifs is 7. The maximum atomic E-state index is 14.5. The molecular formula is C82H85N11O24S2. The van der Waals surface area contributed by atoms with Crippen LogP contribution in [0.15, 0.2) is 161 Å². The minimum absolute atomic E-state index is 0.000915. The number of ether oxygens (including phenoxy) is 9. The van der Waals surface area contributed by atoms with Gasteiger partial charge in [-0.2, -0.15) is 0 Å². The van der Waals surface area contributed by atoms with Crippen molar-refractivity contribution in [1.82, 2.24) is 40.1 Å². The van der Waals surface area contributed by atoms with Crippen LogP contribution in [-0.4, -0.2) is 224 Å². The first-order valence-electron chi connectivity index (χ1n) is 37.9. The average molecular weight is 1670 g/mol. The van der Waals surface area contributed by atoms with Crippen molar-refractivity contribution < 1.29 is 112 Å². The molecule has 7 aromatic carbocycles. The number of sulfone groups is 1. The van der Waals surface area contributed by atoms with Gasteiger partial charge in [0.25, 0.3) is 23.6 Å². The number of aliphatic hydroxyl groups excluding tert-OH is 4. The number of aliphatic hydroxyl groups is 4. The number of benzene rings is 7. The first-order valence-corrected chi connectivity index (χ1v) is 40.9. The molecule has 1 unspecified atom stereocenters. The van der Waals surface area contributed by atoms with Gasteiger partial charge in [0.1, 0.15) is 49.1 Å². The van der Waals surface area contributed by atoms with Gasteiger partial charge in [-0.1, -0.05) is 53.2 Å². The lowest BCUT2D eigenvalue weighted by atomic mass is 9.99. The molecule has 14 rings (SSSR count). The van der Waals surface area contributed by atoms with E-state index in [2.05, 4.69) is 25.9 Å². The van der Waals surface area contributed by atoms with Crippen molar-refractivity contribution in [2.24, 2.45) is 17.0 Å². The van der Waals surface area contributed by atoms with Crippen LogP contribution in [0.4, 0.5) is 17.1 Å². The van der Waals surface area contributed by atoms with E-state index in [1.54, 1.807) is 71.2 Å². The summed E-state index contributed by atoms with van der Waals surface area (Å²) in [6.45, 7) is 1.93. The summed E-state index contributed by atoms with van der Waals surface area (Å²) in [6, 6.07) is 33.1. The highest BCUT2D eigenvalue weighted by Crippen LogP contribution is 2.43. The number of nitrogens with zero attached hydrogens (tertiary/aromatic N) is 9. The summed E-state index contributed by atoms with van der Waals surface area (Å²) < 4.78 is 122. The molecule has 7 heterocycles. The Labute approximate surface area is 682 Å². The third kappa shape index (κ3) is 19.6. The summed E-state index contributed by atoms with van der Waals surface area (Å²) >= 11 is 0. The third-order valence-electron chi connectivity index (χ3n) is 20.2. The molecule has 37 heteroatoms. The first-order chi connectivity index (χ1) is 57.4. The molecule has 0 aliphatic carbocycles. The van der Waals surface area contributed by atoms with Crippen LogP contribution in [0, 0.1) is 6.92 Å². The van der Waals surface area contributed by atoms with Crippen molar-refractivity contribution in [3.63, 3.8) is 0 Å². The van der Waals surface area contributed by atoms with E-state index >= 15 is 0 Å². The molecule has 0 radical (unpaired) electrons. The smallest absolute Gasteiger partial charge is 0.493 e. The number of ketones is 1. The quantitative estimate of drug-likeness (QED) is 0.0211. The van der Waals surface area contributed by atoms with E-state index in [9.17, 15) is 61.2 Å². The number of amides is 4. The van der Waals surface area contributed by atoms with E-state index in [1.807, 2.05) is 42.8 Å². The average Bonchev–Trinajstić information content (AvgIpc) is 1.62. The number of carbonyl (C=O) groups excluding carboxylic acids is 5. The second-order valence-corrected chi connectivity index (χ2v) is 31.6. The molecule has 6 N–H and O–H groups in total. The van der Waals surface area contributed by atoms with E-state index in [0.29, 0.717) is 35.5 Å². The summed E-state index contributed by atoms with van der Waals surface area (Å²) in [5.74, 6) is -3.30. The van der Waals surface area contributed by atoms with Gasteiger partial charge in [0.15, 0.2) is 50.1 Å². The van der Waals surface area contributed by atoms with E-state index in [1.165, 1.54) is 79.6 Å². The van der Waals surface area contributed by atoms with E-state index < -0.39 is 75.0 Å². The van der Waals surface area contributed by atoms with Crippen LogP contribution in [0.5, 0.6) is 40.2 Å². The van der Waals surface area contributed by atoms with E-state index in [0.717, 1.165) is 40.3 Å². The van der Waals surface area contributed by atoms with Crippen LogP contribution < -0.4 is 47.6 Å². The van der Waals surface area contributed by atoms with Gasteiger partial charge in [-0.15, -0.1) is 13.5 Å². The van der Waals surface area contributed by atoms with Gasteiger partial charge in [-0.05, 0) is 102 Å². The molecule has 4 amide bonds. The standard InChI is InChI=1S/C82H85N11O24S2/c1-48-9-16-59(17-10-48)118(103,104)28-19-67(95)51-11-13-52(14-12-51)78(99)83-21-24-110-26-27-111-46-55-41-91(89-88-55)22-25-109-23-20-84-79(100)54-15-18-68(114-82-77(98)76(97)75(96)74(43-94)115-82)73(33-54)117-119(105,106)116-58-30-49(44-112-71-37-62-60(35-69(71)107-3)80(101)92-42-64-66(90(2)47-87-64)34-56(92)39-85-62)29-50(31-58)45-113-72-38-63-61(36-70(72)108-4)81(102)93-57(40-86-63)32-53-7-5-6-8-65(53)93/h5-18,29-31,33,35-41,47,56-57,74-77,82,94,96-98H,19-28,32,34,42-46H2,1-4H3,(H,83,99)(H,84,100)/t56-,57-,74+,75-,76-,77+,82?/m0/s1. The SMILES string of the molecule is COc1cc2c(cc1OCc1cc(COc3cc4c(cc3OC)C(=O)N3c5ccccc5C[C@H]3C=N4)cc(OS(=O)(=O)Oc3cc(C(=O)NCCOCCn4cc(COCCOCCNC(=O)c5ccc(C(=O)CCS(=O)(=O)c6ccc(C)cc6)cc5)nn4)ccc3OC3O[C@H](CO)[C@H](O)[C@H](O)[C@H]3O)c1)N=C[C@@H]1Cc3c(ncn3C)CN1C2=O. The molecule has 119 heavy (non-hydrogen) atoms. The highest BCUT2D eigenvalue weighted by molar-refractivity contribution is 7.91. The number of aliphatic imine (C=N–C) groups is 2. The highest BCUT2D eigenvalue weighted by Gasteiger charge is 2.46. The number of imidazole rings is 1. The molecule has 1 saturated heterocycles. The molecule has 35 nitrogen and oxygen atoms in total. The van der Waals surface area contributed by atoms with E-state index in [-0.39, 0.29) is 194 Å². The summed E-state index contributed by atoms with van der Waals surface area (Å²) in [5.41, 5.74) is 7.08. The Kier molecular flexibility index (Phi) is 25.8. The monoisotopic (exact) mass is 1670 g/mol. The molecular weight excluding hydrogens is 1590 g/mol. The van der Waals surface area contributed by atoms with Crippen molar-refractivity contribution in [2.45, 2.75) is 107 Å². The summed E-state index contributed by atoms with van der Waals surface area (Å²) in [6.07, 6.45) is -1.35. The molecule has 0 spiro atoms. The zero-order valence-corrected chi connectivity index (χ0v) is 66.5. The second kappa shape index (κ2) is 36.9. The molecule has 1 fully saturated rings. The van der Waals surface area contributed by atoms with Gasteiger partial charge in [-0.3, -0.25) is 38.9 Å². The molecule has 0 bridgehead atoms. The second-order valence-electron chi connectivity index (χ2n) is 28.4. The number of Topliss-reactive ketones (excluding diaryl/α,β-unsaturated/α-hetero) is 1. The van der Waals surface area contributed by atoms with Crippen LogP contribution in [-0.2, 0) is 92.0 Å². The van der Waals surface area contributed by atoms with Gasteiger partial charge in [-0.25, -0.2) is 18.1 Å². The van der Waals surface area contributed by atoms with Crippen LogP contribution in [0.25, 0.3) is 0 Å². The number of carbonyl (C=O) groups is 5. The normalized spacial score (nSPS) is 18.4. The number of anilines is 1. The lowest BCUT2D eigenvalue weighted by Crippen LogP contribution is -2.60. The molecule has 7 atom stereocenters. The van der Waals surface area contributed by atoms with Crippen molar-refractivity contribution in [1.29, 1.82) is 0 Å². The van der Waals surface area contributed by atoms with Gasteiger partial charge < -0.3 is 91.5 Å². The fraction of sp³-hybridized carbons (Fsp3) is 0.341. The zero-order valence-electron chi connectivity index (χ0n) is 64.9. The Morgan fingerprint density at radius 1 is 0.630 bits per heavy atom. The fourth-order valence-electron chi connectivity index (χ4n) is 14.0. The van der Waals surface area contributed by atoms with Crippen LogP contribution in [0.3, 0.4) is 0 Å². The first kappa shape index (κ1) is 83.5. The molecule has 5 aliphatic heterocycles. The lowest BCUT2D eigenvalue weighted by Gasteiger charge is -2.39. The number of aryl methyl sites for hydroxylation is 2. The van der Waals surface area contributed by atoms with Gasteiger partial charge in [0.2, 0.25) is 6.29 Å². The van der Waals surface area contributed by atoms with Crippen LogP contribution >= 0.6 is 0 Å². The third-order valence-corrected chi connectivity index (χ3v) is 22.8. The van der Waals surface area contributed by atoms with Crippen molar-refractivity contribution in [2.75, 3.05) is 77.6 Å². The maximum Gasteiger partial charge on any atom is 0.501 e. The highest BCUT2D eigenvalue weighted by atomic mass is 32.3. The Hall–Kier alpha value is -12.0. The summed E-state index contributed by atoms with van der Waals surface area (Å²) in [5, 5.41) is 55.9. The minimum atomic E-state index is -5.34. The predicted molar refractivity (Wildman–Crippen MR) is 424 cm³/mol. The molecule has 9 aromatic rings. The largest absolute Gasteiger partial charge is 0.501 e. The number of para-hydroxylation sites is 1. The Morgan fingerprint density at radius 2 is 1.27 bits per heavy atom. The molecule has 5 aliphatic rings. The number of aromatic nitrogens is 5. The fourth-order valence-corrected chi connectivity index (χ4v) is 15.9. The van der Waals surface area contributed by atoms with Gasteiger partial charge in [0, 0.05) is 92.0 Å². The van der Waals surface area contributed by atoms with Crippen molar-refractivity contribution in [3.05, 3.63) is 213 Å². The van der Waals surface area contributed by atoms with Gasteiger partial charge in [0.05, 0.1) is 137 Å². The maximum absolute atomic E-state index is 14.5. The summed E-state index contributed by atoms with van der Waals surface area (Å²) in [7, 11) is -4.28. The minimum Gasteiger partial charge on any atom is -0.493 e.